The number of oxime groups is 1. The number of carboxylic acid groups (broad SMARTS) is 1. The molecule has 0 fully saturated rings. The van der Waals surface area contributed by atoms with Gasteiger partial charge in [0.1, 0.15) is 12.9 Å². The lowest BCUT2D eigenvalue weighted by atomic mass is 10.1. The lowest BCUT2D eigenvalue weighted by Crippen LogP contribution is -2.16. The van der Waals surface area contributed by atoms with Crippen LogP contribution < -0.4 is 4.74 Å². The van der Waals surface area contributed by atoms with Crippen LogP contribution in [0.1, 0.15) is 12.5 Å². The molecular weight excluding hydrogens is 210 g/mol. The van der Waals surface area contributed by atoms with Crippen LogP contribution in [0.5, 0.6) is 5.75 Å². The van der Waals surface area contributed by atoms with Crippen LogP contribution in [0.25, 0.3) is 0 Å². The normalized spacial score (nSPS) is 11.0. The predicted octanol–water partition coefficient (Wildman–Crippen LogP) is 1.52. The van der Waals surface area contributed by atoms with Crippen molar-refractivity contribution in [3.8, 4) is 5.75 Å². The molecule has 0 aliphatic carbocycles. The number of ether oxygens (including phenoxy) is 1. The van der Waals surface area contributed by atoms with Gasteiger partial charge in [0.25, 0.3) is 0 Å². The summed E-state index contributed by atoms with van der Waals surface area (Å²) in [5.41, 5.74) is 0.227. The van der Waals surface area contributed by atoms with Crippen LogP contribution in [-0.2, 0) is 9.63 Å². The van der Waals surface area contributed by atoms with E-state index < -0.39 is 5.97 Å². The fourth-order valence-corrected chi connectivity index (χ4v) is 1.24. The molecular formula is C11H13NO4. The van der Waals surface area contributed by atoms with Crippen molar-refractivity contribution in [2.45, 2.75) is 6.92 Å². The van der Waals surface area contributed by atoms with Gasteiger partial charge in [-0.1, -0.05) is 17.3 Å². The Morgan fingerprint density at radius 2 is 2.12 bits per heavy atom. The van der Waals surface area contributed by atoms with Crippen molar-refractivity contribution in [3.05, 3.63) is 29.8 Å². The number of rotatable bonds is 5. The van der Waals surface area contributed by atoms with Gasteiger partial charge in [-0.3, -0.25) is 0 Å². The Morgan fingerprint density at radius 3 is 2.69 bits per heavy atom. The molecule has 16 heavy (non-hydrogen) atoms. The molecule has 0 amide bonds. The smallest absolute Gasteiger partial charge is 0.358 e. The summed E-state index contributed by atoms with van der Waals surface area (Å²) in [5, 5.41) is 12.5. The van der Waals surface area contributed by atoms with Gasteiger partial charge in [0.05, 0.1) is 12.2 Å². The molecule has 0 radical (unpaired) electrons. The van der Waals surface area contributed by atoms with Gasteiger partial charge in [0.15, 0.2) is 5.71 Å². The molecule has 5 nitrogen and oxygen atoms in total. The zero-order valence-corrected chi connectivity index (χ0v) is 9.14. The highest BCUT2D eigenvalue weighted by molar-refractivity contribution is 6.43. The van der Waals surface area contributed by atoms with E-state index in [9.17, 15) is 4.79 Å². The average Bonchev–Trinajstić information content (AvgIpc) is 2.27. The van der Waals surface area contributed by atoms with Gasteiger partial charge in [-0.2, -0.15) is 0 Å². The molecule has 0 saturated carbocycles. The molecule has 5 heteroatoms. The first-order valence-corrected chi connectivity index (χ1v) is 4.77. The topological polar surface area (TPSA) is 68.1 Å². The standard InChI is InChI=1S/C11H13NO4/c1-3-16-9-7-5-4-6-8(9)10(11(13)14)12-15-2/h4-7H,3H2,1-2H3,(H,13,14). The Hall–Kier alpha value is -2.04. The summed E-state index contributed by atoms with van der Waals surface area (Å²) >= 11 is 0. The Morgan fingerprint density at radius 1 is 1.44 bits per heavy atom. The van der Waals surface area contributed by atoms with Crippen molar-refractivity contribution in [1.82, 2.24) is 0 Å². The van der Waals surface area contributed by atoms with Crippen LogP contribution in [0.4, 0.5) is 0 Å². The molecule has 0 saturated heterocycles. The summed E-state index contributed by atoms with van der Waals surface area (Å²) in [5.74, 6) is -0.683. The minimum absolute atomic E-state index is 0.174. The summed E-state index contributed by atoms with van der Waals surface area (Å²) in [7, 11) is 1.30. The molecule has 0 aromatic heterocycles. The first-order chi connectivity index (χ1) is 7.70. The van der Waals surface area contributed by atoms with Gasteiger partial charge in [-0.05, 0) is 19.1 Å². The van der Waals surface area contributed by atoms with Crippen molar-refractivity contribution in [3.63, 3.8) is 0 Å². The van der Waals surface area contributed by atoms with Crippen LogP contribution in [0.2, 0.25) is 0 Å². The van der Waals surface area contributed by atoms with Gasteiger partial charge in [0.2, 0.25) is 0 Å². The van der Waals surface area contributed by atoms with E-state index >= 15 is 0 Å². The zero-order valence-electron chi connectivity index (χ0n) is 9.14. The van der Waals surface area contributed by atoms with Crippen molar-refractivity contribution < 1.29 is 19.5 Å². The zero-order chi connectivity index (χ0) is 12.0. The fraction of sp³-hybridized carbons (Fsp3) is 0.273. The second-order valence-corrected chi connectivity index (χ2v) is 2.86. The Labute approximate surface area is 93.3 Å². The van der Waals surface area contributed by atoms with Gasteiger partial charge in [-0.25, -0.2) is 4.79 Å². The Kier molecular flexibility index (Phi) is 4.32. The number of aliphatic carboxylic acids is 1. The summed E-state index contributed by atoms with van der Waals surface area (Å²) in [6, 6.07) is 6.79. The summed E-state index contributed by atoms with van der Waals surface area (Å²) in [4.78, 5) is 15.5. The maximum absolute atomic E-state index is 11.0. The average molecular weight is 223 g/mol. The van der Waals surface area contributed by atoms with E-state index in [1.165, 1.54) is 7.11 Å². The van der Waals surface area contributed by atoms with Gasteiger partial charge >= 0.3 is 5.97 Å². The number of hydrogen-bond donors (Lipinski definition) is 1. The fourth-order valence-electron chi connectivity index (χ4n) is 1.24. The van der Waals surface area contributed by atoms with Crippen LogP contribution in [0.15, 0.2) is 29.4 Å². The molecule has 0 atom stereocenters. The van der Waals surface area contributed by atoms with Crippen molar-refractivity contribution in [2.75, 3.05) is 13.7 Å². The highest BCUT2D eigenvalue weighted by Crippen LogP contribution is 2.19. The maximum Gasteiger partial charge on any atom is 0.358 e. The number of benzene rings is 1. The monoisotopic (exact) mass is 223 g/mol. The van der Waals surface area contributed by atoms with E-state index in [1.54, 1.807) is 24.3 Å². The van der Waals surface area contributed by atoms with Gasteiger partial charge < -0.3 is 14.7 Å². The van der Waals surface area contributed by atoms with Gasteiger partial charge in [-0.15, -0.1) is 0 Å². The largest absolute Gasteiger partial charge is 0.493 e. The molecule has 0 aliphatic heterocycles. The van der Waals surface area contributed by atoms with Crippen LogP contribution >= 0.6 is 0 Å². The van der Waals surface area contributed by atoms with Crippen molar-refractivity contribution >= 4 is 11.7 Å². The second-order valence-electron chi connectivity index (χ2n) is 2.86. The molecule has 0 bridgehead atoms. The molecule has 0 heterocycles. The quantitative estimate of drug-likeness (QED) is 0.607. The number of nitrogens with zero attached hydrogens (tertiary/aromatic N) is 1. The molecule has 0 aliphatic rings. The van der Waals surface area contributed by atoms with E-state index in [-0.39, 0.29) is 5.71 Å². The van der Waals surface area contributed by atoms with E-state index in [2.05, 4.69) is 9.99 Å². The molecule has 1 rings (SSSR count). The molecule has 1 N–H and O–H groups in total. The SMILES string of the molecule is CCOc1ccccc1C(=NOC)C(=O)O. The summed E-state index contributed by atoms with van der Waals surface area (Å²) in [6.45, 7) is 2.28. The van der Waals surface area contributed by atoms with Gasteiger partial charge in [0, 0.05) is 0 Å². The molecule has 1 aromatic rings. The first-order valence-electron chi connectivity index (χ1n) is 4.77. The molecule has 0 unspecified atom stereocenters. The predicted molar refractivity (Wildman–Crippen MR) is 58.8 cm³/mol. The third-order valence-corrected chi connectivity index (χ3v) is 1.83. The van der Waals surface area contributed by atoms with E-state index in [0.717, 1.165) is 0 Å². The van der Waals surface area contributed by atoms with Crippen LogP contribution in [-0.4, -0.2) is 30.5 Å². The summed E-state index contributed by atoms with van der Waals surface area (Å²) < 4.78 is 5.31. The minimum atomic E-state index is -1.16. The number of carbonyl (C=O) groups is 1. The highest BCUT2D eigenvalue weighted by Gasteiger charge is 2.17. The van der Waals surface area contributed by atoms with Crippen molar-refractivity contribution in [1.29, 1.82) is 0 Å². The number of hydrogen-bond acceptors (Lipinski definition) is 4. The van der Waals surface area contributed by atoms with Crippen LogP contribution in [0.3, 0.4) is 0 Å². The lowest BCUT2D eigenvalue weighted by molar-refractivity contribution is -0.129. The molecule has 1 aromatic carbocycles. The third-order valence-electron chi connectivity index (χ3n) is 1.83. The number of carboxylic acids is 1. The van der Waals surface area contributed by atoms with E-state index in [1.807, 2.05) is 6.92 Å². The first kappa shape index (κ1) is 12.0. The molecule has 86 valence electrons. The summed E-state index contributed by atoms with van der Waals surface area (Å²) in [6.07, 6.45) is 0. The lowest BCUT2D eigenvalue weighted by Gasteiger charge is -2.08. The van der Waals surface area contributed by atoms with Crippen molar-refractivity contribution in [2.24, 2.45) is 5.16 Å². The van der Waals surface area contributed by atoms with Crippen LogP contribution in [0, 0.1) is 0 Å². The number of para-hydroxylation sites is 1. The molecule has 0 spiro atoms. The Balaban J connectivity index is 3.18. The highest BCUT2D eigenvalue weighted by atomic mass is 16.6. The third kappa shape index (κ3) is 2.73. The van der Waals surface area contributed by atoms with E-state index in [0.29, 0.717) is 17.9 Å². The second kappa shape index (κ2) is 5.75. The Bertz CT molecular complexity index is 401. The van der Waals surface area contributed by atoms with E-state index in [4.69, 9.17) is 9.84 Å². The minimum Gasteiger partial charge on any atom is -0.493 e. The maximum atomic E-state index is 11.0.